The lowest BCUT2D eigenvalue weighted by atomic mass is 10.1. The van der Waals surface area contributed by atoms with Crippen LogP contribution in [0.15, 0.2) is 30.3 Å². The Morgan fingerprint density at radius 2 is 1.55 bits per heavy atom. The summed E-state index contributed by atoms with van der Waals surface area (Å²) in [7, 11) is 1.11. The Morgan fingerprint density at radius 3 is 2.03 bits per heavy atom. The molecule has 2 aromatic carbocycles. The van der Waals surface area contributed by atoms with E-state index in [-0.39, 0.29) is 29.0 Å². The lowest BCUT2D eigenvalue weighted by Gasteiger charge is -2.12. The Kier molecular flexibility index (Phi) is 8.14. The van der Waals surface area contributed by atoms with Crippen molar-refractivity contribution in [3.8, 4) is 11.5 Å². The number of benzene rings is 2. The van der Waals surface area contributed by atoms with Gasteiger partial charge in [0.05, 0.1) is 46.3 Å². The van der Waals surface area contributed by atoms with E-state index in [4.69, 9.17) is 14.2 Å². The number of esters is 2. The van der Waals surface area contributed by atoms with Crippen LogP contribution in [0.25, 0.3) is 0 Å². The fourth-order valence-corrected chi connectivity index (χ4v) is 2.62. The van der Waals surface area contributed by atoms with E-state index in [2.05, 4.69) is 4.74 Å². The van der Waals surface area contributed by atoms with Crippen LogP contribution in [0.5, 0.6) is 11.5 Å². The Labute approximate surface area is 183 Å². The first kappa shape index (κ1) is 24.9. The van der Waals surface area contributed by atoms with Gasteiger partial charge in [-0.15, -0.1) is 0 Å². The smallest absolute Gasteiger partial charge is 0.387 e. The number of nitro groups is 2. The summed E-state index contributed by atoms with van der Waals surface area (Å²) in [5, 5.41) is 22.5. The molecule has 0 fully saturated rings. The number of hydrogen-bond acceptors (Lipinski definition) is 10. The second-order valence-electron chi connectivity index (χ2n) is 6.09. The maximum absolute atomic E-state index is 12.5. The van der Waals surface area contributed by atoms with E-state index >= 15 is 0 Å². The first-order valence-electron chi connectivity index (χ1n) is 9.01. The summed E-state index contributed by atoms with van der Waals surface area (Å²) in [6, 6.07) is 4.41. The van der Waals surface area contributed by atoms with Crippen LogP contribution < -0.4 is 9.47 Å². The monoisotopic (exact) mass is 470 g/mol. The Morgan fingerprint density at radius 1 is 0.939 bits per heavy atom. The fourth-order valence-electron chi connectivity index (χ4n) is 2.62. The number of hydrogen-bond donors (Lipinski definition) is 0. The molecule has 0 saturated carbocycles. The quantitative estimate of drug-likeness (QED) is 0.285. The molecule has 0 aliphatic rings. The number of non-ortho nitro benzene ring substituents is 1. The summed E-state index contributed by atoms with van der Waals surface area (Å²) in [6.45, 7) is -2.50. The molecule has 0 aromatic heterocycles. The molecule has 0 aliphatic carbocycles. The lowest BCUT2D eigenvalue weighted by molar-refractivity contribution is -0.386. The number of nitrogens with zero attached hydrogens (tertiary/aromatic N) is 2. The maximum Gasteiger partial charge on any atom is 0.387 e. The molecule has 0 aliphatic heterocycles. The van der Waals surface area contributed by atoms with E-state index < -0.39 is 52.1 Å². The molecule has 0 unspecified atom stereocenters. The van der Waals surface area contributed by atoms with Gasteiger partial charge in [0.25, 0.3) is 11.4 Å². The van der Waals surface area contributed by atoms with Gasteiger partial charge < -0.3 is 18.9 Å². The highest BCUT2D eigenvalue weighted by Crippen LogP contribution is 2.36. The highest BCUT2D eigenvalue weighted by Gasteiger charge is 2.24. The molecule has 0 atom stereocenters. The van der Waals surface area contributed by atoms with Crippen LogP contribution in [0.3, 0.4) is 0 Å². The number of carbonyl (C=O) groups is 2. The van der Waals surface area contributed by atoms with Gasteiger partial charge in [0.1, 0.15) is 6.61 Å². The van der Waals surface area contributed by atoms with E-state index in [1.54, 1.807) is 0 Å². The van der Waals surface area contributed by atoms with Gasteiger partial charge in [-0.2, -0.15) is 8.78 Å². The van der Waals surface area contributed by atoms with Crippen LogP contribution in [0.2, 0.25) is 0 Å². The van der Waals surface area contributed by atoms with Crippen molar-refractivity contribution in [2.45, 2.75) is 20.1 Å². The predicted molar refractivity (Wildman–Crippen MR) is 104 cm³/mol. The first-order valence-corrected chi connectivity index (χ1v) is 9.01. The van der Waals surface area contributed by atoms with Crippen molar-refractivity contribution in [2.24, 2.45) is 0 Å². The zero-order valence-electron chi connectivity index (χ0n) is 17.1. The zero-order valence-corrected chi connectivity index (χ0v) is 17.1. The summed E-state index contributed by atoms with van der Waals surface area (Å²) in [6.07, 6.45) is 0. The van der Waals surface area contributed by atoms with Gasteiger partial charge in [0.2, 0.25) is 0 Å². The largest absolute Gasteiger partial charge is 0.493 e. The fraction of sp³-hybridized carbons (Fsp3) is 0.263. The third-order valence-electron chi connectivity index (χ3n) is 4.01. The third-order valence-corrected chi connectivity index (χ3v) is 4.01. The van der Waals surface area contributed by atoms with Crippen LogP contribution in [0, 0.1) is 20.2 Å². The van der Waals surface area contributed by atoms with E-state index in [1.807, 2.05) is 0 Å². The highest BCUT2D eigenvalue weighted by molar-refractivity contribution is 5.96. The molecule has 0 N–H and O–H groups in total. The van der Waals surface area contributed by atoms with Gasteiger partial charge in [0, 0.05) is 12.1 Å². The van der Waals surface area contributed by atoms with Crippen LogP contribution in [-0.4, -0.2) is 42.1 Å². The van der Waals surface area contributed by atoms with E-state index in [1.165, 1.54) is 6.92 Å². The number of nitro benzene ring substituents is 2. The molecule has 0 bridgehead atoms. The molecule has 14 heteroatoms. The van der Waals surface area contributed by atoms with Crippen LogP contribution >= 0.6 is 0 Å². The topological polar surface area (TPSA) is 157 Å². The van der Waals surface area contributed by atoms with E-state index in [9.17, 15) is 38.6 Å². The van der Waals surface area contributed by atoms with Crippen molar-refractivity contribution in [1.82, 2.24) is 0 Å². The molecule has 0 amide bonds. The molecule has 33 heavy (non-hydrogen) atoms. The lowest BCUT2D eigenvalue weighted by Crippen LogP contribution is -2.11. The number of rotatable bonds is 10. The van der Waals surface area contributed by atoms with Gasteiger partial charge in [-0.3, -0.25) is 20.2 Å². The molecule has 0 spiro atoms. The molecule has 0 heterocycles. The van der Waals surface area contributed by atoms with Crippen molar-refractivity contribution in [2.75, 3.05) is 13.7 Å². The van der Waals surface area contributed by atoms with E-state index in [0.29, 0.717) is 6.07 Å². The van der Waals surface area contributed by atoms with Gasteiger partial charge in [0.15, 0.2) is 11.5 Å². The molecule has 12 nitrogen and oxygen atoms in total. The Hall–Kier alpha value is -4.36. The van der Waals surface area contributed by atoms with Gasteiger partial charge in [-0.25, -0.2) is 9.59 Å². The highest BCUT2D eigenvalue weighted by atomic mass is 19.3. The number of methoxy groups -OCH3 is 1. The number of halogens is 2. The minimum atomic E-state index is -3.27. The summed E-state index contributed by atoms with van der Waals surface area (Å²) in [5.74, 6) is -2.95. The predicted octanol–water partition coefficient (Wildman–Crippen LogP) is 3.65. The van der Waals surface area contributed by atoms with Crippen molar-refractivity contribution < 1.29 is 47.2 Å². The number of carbonyl (C=O) groups excluding carboxylic acids is 2. The average Bonchev–Trinajstić information content (AvgIpc) is 2.76. The second-order valence-corrected chi connectivity index (χ2v) is 6.09. The second kappa shape index (κ2) is 10.8. The van der Waals surface area contributed by atoms with Crippen LogP contribution in [0.4, 0.5) is 20.2 Å². The minimum Gasteiger partial charge on any atom is -0.493 e. The zero-order chi connectivity index (χ0) is 24.7. The van der Waals surface area contributed by atoms with Crippen molar-refractivity contribution in [1.29, 1.82) is 0 Å². The third kappa shape index (κ3) is 6.32. The maximum atomic E-state index is 12.5. The Balaban J connectivity index is 2.36. The summed E-state index contributed by atoms with van der Waals surface area (Å²) >= 11 is 0. The van der Waals surface area contributed by atoms with Gasteiger partial charge >= 0.3 is 18.6 Å². The Bertz CT molecular complexity index is 1090. The summed E-state index contributed by atoms with van der Waals surface area (Å²) in [4.78, 5) is 45.1. The molecule has 2 rings (SSSR count). The van der Waals surface area contributed by atoms with Crippen molar-refractivity contribution in [3.05, 3.63) is 67.3 Å². The van der Waals surface area contributed by atoms with Crippen molar-refractivity contribution >= 4 is 23.3 Å². The molecule has 2 aromatic rings. The van der Waals surface area contributed by atoms with Crippen LogP contribution in [-0.2, 0) is 16.1 Å². The van der Waals surface area contributed by atoms with Crippen molar-refractivity contribution in [3.63, 3.8) is 0 Å². The molecule has 176 valence electrons. The summed E-state index contributed by atoms with van der Waals surface area (Å²) in [5.41, 5.74) is -2.19. The van der Waals surface area contributed by atoms with Gasteiger partial charge in [-0.05, 0) is 19.1 Å². The first-order chi connectivity index (χ1) is 15.6. The van der Waals surface area contributed by atoms with E-state index in [0.717, 1.165) is 31.4 Å². The SMILES string of the molecule is CCOC(=O)c1cc(C(=O)OCc2cc(OC)c(OC(F)F)cc2[N+](=O)[O-])cc([N+](=O)[O-])c1. The normalized spacial score (nSPS) is 10.5. The standard InChI is InChI=1S/C19H16F2N2O10/c1-3-31-17(24)10-4-11(6-13(5-10)22(26)27)18(25)32-9-12-7-15(30-2)16(33-19(20)21)8-14(12)23(28)29/h4-8,19H,3,9H2,1-2H3. The average molecular weight is 470 g/mol. The molecular weight excluding hydrogens is 454 g/mol. The molecule has 0 radical (unpaired) electrons. The van der Waals surface area contributed by atoms with Gasteiger partial charge in [-0.1, -0.05) is 0 Å². The minimum absolute atomic E-state index is 0.0158. The van der Waals surface area contributed by atoms with Crippen LogP contribution in [0.1, 0.15) is 33.2 Å². The number of ether oxygens (including phenoxy) is 4. The molecular formula is C19H16F2N2O10. The number of alkyl halides is 2. The molecule has 0 saturated heterocycles. The summed E-state index contributed by atoms with van der Waals surface area (Å²) < 4.78 is 43.9.